The minimum Gasteiger partial charge on any atom is -0.378 e. The third-order valence-corrected chi connectivity index (χ3v) is 3.99. The van der Waals surface area contributed by atoms with Gasteiger partial charge in [0, 0.05) is 19.3 Å². The summed E-state index contributed by atoms with van der Waals surface area (Å²) in [7, 11) is 0. The van der Waals surface area contributed by atoms with Gasteiger partial charge in [-0.2, -0.15) is 0 Å². The summed E-state index contributed by atoms with van der Waals surface area (Å²) in [4.78, 5) is 23.0. The van der Waals surface area contributed by atoms with Gasteiger partial charge in [0.25, 0.3) is 0 Å². The highest BCUT2D eigenvalue weighted by Crippen LogP contribution is 2.23. The van der Waals surface area contributed by atoms with Crippen LogP contribution in [0.15, 0.2) is 18.5 Å². The van der Waals surface area contributed by atoms with Crippen LogP contribution in [0.4, 0.5) is 0 Å². The summed E-state index contributed by atoms with van der Waals surface area (Å²) in [6.07, 6.45) is 3.39. The van der Waals surface area contributed by atoms with Crippen LogP contribution in [-0.4, -0.2) is 51.6 Å². The third kappa shape index (κ3) is 2.61. The topological polar surface area (TPSA) is 60.2 Å². The summed E-state index contributed by atoms with van der Waals surface area (Å²) in [5.41, 5.74) is 1.64. The van der Waals surface area contributed by atoms with Gasteiger partial charge in [-0.25, -0.2) is 4.98 Å². The number of hydrogen-bond donors (Lipinski definition) is 0. The lowest BCUT2D eigenvalue weighted by Gasteiger charge is -2.30. The molecule has 3 rings (SSSR count). The molecule has 0 radical (unpaired) electrons. The lowest BCUT2D eigenvalue weighted by atomic mass is 10.2. The number of nitrogens with zero attached hydrogens (tertiary/aromatic N) is 4. The number of amides is 1. The van der Waals surface area contributed by atoms with Crippen molar-refractivity contribution in [3.8, 4) is 0 Å². The summed E-state index contributed by atoms with van der Waals surface area (Å²) >= 11 is 5.99. The highest BCUT2D eigenvalue weighted by molar-refractivity contribution is 6.16. The number of alkyl halides is 1. The van der Waals surface area contributed by atoms with E-state index in [0.717, 1.165) is 11.0 Å². The number of carbonyl (C=O) groups excluding carboxylic acids is 1. The van der Waals surface area contributed by atoms with Crippen LogP contribution in [0.2, 0.25) is 0 Å². The monoisotopic (exact) mass is 308 g/mol. The van der Waals surface area contributed by atoms with Crippen LogP contribution in [-0.2, 0) is 15.4 Å². The number of imidazole rings is 1. The second kappa shape index (κ2) is 5.99. The molecular formula is C14H17ClN4O2. The molecular weight excluding hydrogens is 292 g/mol. The molecule has 1 fully saturated rings. The Morgan fingerprint density at radius 1 is 1.48 bits per heavy atom. The number of carbonyl (C=O) groups is 1. The fourth-order valence-electron chi connectivity index (χ4n) is 2.69. The van der Waals surface area contributed by atoms with E-state index < -0.39 is 0 Å². The van der Waals surface area contributed by atoms with Crippen molar-refractivity contribution in [3.63, 3.8) is 0 Å². The van der Waals surface area contributed by atoms with E-state index in [1.54, 1.807) is 12.4 Å². The third-order valence-electron chi connectivity index (χ3n) is 3.75. The van der Waals surface area contributed by atoms with Crippen molar-refractivity contribution in [2.45, 2.75) is 18.8 Å². The molecule has 1 amide bonds. The molecule has 0 spiro atoms. The summed E-state index contributed by atoms with van der Waals surface area (Å²) in [6, 6.07) is 1.52. The zero-order chi connectivity index (χ0) is 14.8. The van der Waals surface area contributed by atoms with Gasteiger partial charge in [0.15, 0.2) is 0 Å². The highest BCUT2D eigenvalue weighted by Gasteiger charge is 2.26. The quantitative estimate of drug-likeness (QED) is 0.808. The zero-order valence-corrected chi connectivity index (χ0v) is 12.6. The first-order valence-electron chi connectivity index (χ1n) is 6.95. The van der Waals surface area contributed by atoms with E-state index in [0.29, 0.717) is 32.1 Å². The summed E-state index contributed by atoms with van der Waals surface area (Å²) < 4.78 is 7.20. The fraction of sp³-hybridized carbons (Fsp3) is 0.500. The Morgan fingerprint density at radius 3 is 2.95 bits per heavy atom. The van der Waals surface area contributed by atoms with Gasteiger partial charge >= 0.3 is 0 Å². The second-order valence-corrected chi connectivity index (χ2v) is 5.28. The first-order valence-corrected chi connectivity index (χ1v) is 7.49. The number of pyridine rings is 1. The predicted octanol–water partition coefficient (Wildman–Crippen LogP) is 1.59. The molecule has 1 unspecified atom stereocenters. The van der Waals surface area contributed by atoms with Gasteiger partial charge in [-0.05, 0) is 13.0 Å². The van der Waals surface area contributed by atoms with Crippen molar-refractivity contribution in [2.75, 3.05) is 26.3 Å². The average Bonchev–Trinajstić information content (AvgIpc) is 2.92. The van der Waals surface area contributed by atoms with Gasteiger partial charge in [0.05, 0.1) is 30.8 Å². The predicted molar refractivity (Wildman–Crippen MR) is 79.2 cm³/mol. The largest absolute Gasteiger partial charge is 0.378 e. The molecule has 6 nitrogen and oxygen atoms in total. The minimum atomic E-state index is -0.343. The van der Waals surface area contributed by atoms with Crippen LogP contribution in [0.5, 0.6) is 0 Å². The Hall–Kier alpha value is -1.66. The van der Waals surface area contributed by atoms with Crippen LogP contribution in [0.1, 0.15) is 18.8 Å². The molecule has 2 aromatic rings. The number of morpholine rings is 1. The van der Waals surface area contributed by atoms with Gasteiger partial charge in [0.1, 0.15) is 17.4 Å². The molecule has 1 aliphatic rings. The molecule has 2 aromatic heterocycles. The Bertz CT molecular complexity index is 651. The SMILES string of the molecule is CC(C(=O)N1CCOCC1)n1c(CCl)nc2cnccc21. The van der Waals surface area contributed by atoms with E-state index in [1.807, 2.05) is 22.5 Å². The number of hydrogen-bond acceptors (Lipinski definition) is 4. The van der Waals surface area contributed by atoms with Crippen molar-refractivity contribution in [1.29, 1.82) is 0 Å². The van der Waals surface area contributed by atoms with Crippen LogP contribution in [0.3, 0.4) is 0 Å². The molecule has 1 saturated heterocycles. The lowest BCUT2D eigenvalue weighted by Crippen LogP contribution is -2.43. The van der Waals surface area contributed by atoms with Crippen molar-refractivity contribution in [1.82, 2.24) is 19.4 Å². The Balaban J connectivity index is 1.96. The number of fused-ring (bicyclic) bond motifs is 1. The molecule has 0 aromatic carbocycles. The minimum absolute atomic E-state index is 0.0702. The zero-order valence-electron chi connectivity index (χ0n) is 11.8. The van der Waals surface area contributed by atoms with E-state index >= 15 is 0 Å². The summed E-state index contributed by atoms with van der Waals surface area (Å²) in [5, 5.41) is 0. The fourth-order valence-corrected chi connectivity index (χ4v) is 2.87. The molecule has 3 heterocycles. The number of halogens is 1. The second-order valence-electron chi connectivity index (χ2n) is 5.01. The molecule has 1 aliphatic heterocycles. The lowest BCUT2D eigenvalue weighted by molar-refractivity contribution is -0.138. The van der Waals surface area contributed by atoms with Crippen molar-refractivity contribution < 1.29 is 9.53 Å². The van der Waals surface area contributed by atoms with E-state index in [1.165, 1.54) is 0 Å². The molecule has 21 heavy (non-hydrogen) atoms. The van der Waals surface area contributed by atoms with Gasteiger partial charge < -0.3 is 14.2 Å². The van der Waals surface area contributed by atoms with E-state index in [-0.39, 0.29) is 17.8 Å². The number of aromatic nitrogens is 3. The normalized spacial score (nSPS) is 17.1. The van der Waals surface area contributed by atoms with Crippen molar-refractivity contribution >= 4 is 28.5 Å². The smallest absolute Gasteiger partial charge is 0.245 e. The average molecular weight is 309 g/mol. The Kier molecular flexibility index (Phi) is 4.07. The van der Waals surface area contributed by atoms with Crippen LogP contribution >= 0.6 is 11.6 Å². The molecule has 0 N–H and O–H groups in total. The van der Waals surface area contributed by atoms with E-state index in [2.05, 4.69) is 9.97 Å². The number of ether oxygens (including phenoxy) is 1. The Morgan fingerprint density at radius 2 is 2.24 bits per heavy atom. The van der Waals surface area contributed by atoms with Crippen LogP contribution < -0.4 is 0 Å². The van der Waals surface area contributed by atoms with Gasteiger partial charge in [0.2, 0.25) is 5.91 Å². The van der Waals surface area contributed by atoms with E-state index in [4.69, 9.17) is 16.3 Å². The maximum absolute atomic E-state index is 12.7. The number of rotatable bonds is 3. The maximum Gasteiger partial charge on any atom is 0.245 e. The first kappa shape index (κ1) is 14.3. The maximum atomic E-state index is 12.7. The van der Waals surface area contributed by atoms with Crippen LogP contribution in [0, 0.1) is 0 Å². The first-order chi connectivity index (χ1) is 10.2. The van der Waals surface area contributed by atoms with Gasteiger partial charge in [-0.3, -0.25) is 9.78 Å². The molecule has 0 saturated carbocycles. The molecule has 1 atom stereocenters. The van der Waals surface area contributed by atoms with E-state index in [9.17, 15) is 4.79 Å². The molecule has 7 heteroatoms. The Labute approximate surface area is 127 Å². The molecule has 0 bridgehead atoms. The van der Waals surface area contributed by atoms with Crippen molar-refractivity contribution in [2.24, 2.45) is 0 Å². The summed E-state index contributed by atoms with van der Waals surface area (Å²) in [6.45, 7) is 4.33. The molecule has 0 aliphatic carbocycles. The van der Waals surface area contributed by atoms with Crippen LogP contribution in [0.25, 0.3) is 11.0 Å². The van der Waals surface area contributed by atoms with Gasteiger partial charge in [-0.1, -0.05) is 0 Å². The molecule has 112 valence electrons. The standard InChI is InChI=1S/C14H17ClN4O2/c1-10(14(20)18-4-6-21-7-5-18)19-12-2-3-16-9-11(12)17-13(19)8-15/h2-3,9-10H,4-8H2,1H3. The van der Waals surface area contributed by atoms with Crippen molar-refractivity contribution in [3.05, 3.63) is 24.3 Å². The summed E-state index contributed by atoms with van der Waals surface area (Å²) in [5.74, 6) is 1.02. The van der Waals surface area contributed by atoms with Gasteiger partial charge in [-0.15, -0.1) is 11.6 Å². The highest BCUT2D eigenvalue weighted by atomic mass is 35.5.